The van der Waals surface area contributed by atoms with Crippen LogP contribution < -0.4 is 0 Å². The van der Waals surface area contributed by atoms with Crippen LogP contribution in [0, 0.1) is 5.82 Å². The third kappa shape index (κ3) is 4.70. The van der Waals surface area contributed by atoms with E-state index in [9.17, 15) is 9.18 Å². The summed E-state index contributed by atoms with van der Waals surface area (Å²) in [6.45, 7) is 2.00. The summed E-state index contributed by atoms with van der Waals surface area (Å²) >= 11 is 13.3. The number of carboxylic acid groups (broad SMARTS) is 1. The third-order valence-electron chi connectivity index (χ3n) is 5.36. The first-order chi connectivity index (χ1) is 15.9. The van der Waals surface area contributed by atoms with Crippen molar-refractivity contribution in [3.8, 4) is 0 Å². The van der Waals surface area contributed by atoms with Gasteiger partial charge in [0.15, 0.2) is 0 Å². The smallest absolute Gasteiger partial charge is 0.328 e. The second-order valence-electron chi connectivity index (χ2n) is 7.38. The molecule has 4 aromatic rings. The van der Waals surface area contributed by atoms with Crippen molar-refractivity contribution in [3.05, 3.63) is 105 Å². The SMILES string of the molecule is CCC(=C(c1ccc(C=CC(=O)O)cc1)c1ccc2[nH]ncc2c1Cl)c1ccc(F)cc1Cl. The van der Waals surface area contributed by atoms with E-state index in [1.807, 2.05) is 43.3 Å². The van der Waals surface area contributed by atoms with Gasteiger partial charge in [-0.1, -0.05) is 66.5 Å². The number of nitrogens with zero attached hydrogens (tertiary/aromatic N) is 1. The first-order valence-electron chi connectivity index (χ1n) is 10.2. The quantitative estimate of drug-likeness (QED) is 0.222. The van der Waals surface area contributed by atoms with Crippen LogP contribution in [0.15, 0.2) is 66.9 Å². The molecule has 4 nitrogen and oxygen atoms in total. The molecule has 7 heteroatoms. The summed E-state index contributed by atoms with van der Waals surface area (Å²) in [6.07, 6.45) is 4.90. The summed E-state index contributed by atoms with van der Waals surface area (Å²) in [6, 6.07) is 15.7. The van der Waals surface area contributed by atoms with Crippen molar-refractivity contribution < 1.29 is 14.3 Å². The minimum absolute atomic E-state index is 0.311. The van der Waals surface area contributed by atoms with E-state index in [1.54, 1.807) is 12.3 Å². The van der Waals surface area contributed by atoms with E-state index in [0.29, 0.717) is 22.0 Å². The average Bonchev–Trinajstić information content (AvgIpc) is 3.28. The first-order valence-corrected chi connectivity index (χ1v) is 11.0. The topological polar surface area (TPSA) is 66.0 Å². The van der Waals surface area contributed by atoms with Crippen LogP contribution in [0.1, 0.15) is 35.6 Å². The van der Waals surface area contributed by atoms with Crippen molar-refractivity contribution >= 4 is 57.3 Å². The van der Waals surface area contributed by atoms with Gasteiger partial charge in [-0.2, -0.15) is 5.10 Å². The summed E-state index contributed by atoms with van der Waals surface area (Å²) in [5.41, 5.74) is 5.69. The van der Waals surface area contributed by atoms with Gasteiger partial charge >= 0.3 is 5.97 Å². The lowest BCUT2D eigenvalue weighted by Crippen LogP contribution is -1.97. The molecule has 0 bridgehead atoms. The molecule has 0 fully saturated rings. The molecule has 166 valence electrons. The highest BCUT2D eigenvalue weighted by molar-refractivity contribution is 6.38. The van der Waals surface area contributed by atoms with Crippen LogP contribution >= 0.6 is 23.2 Å². The van der Waals surface area contributed by atoms with E-state index in [0.717, 1.165) is 44.8 Å². The minimum atomic E-state index is -1.01. The summed E-state index contributed by atoms with van der Waals surface area (Å²) in [5, 5.41) is 17.5. The lowest BCUT2D eigenvalue weighted by atomic mass is 9.87. The van der Waals surface area contributed by atoms with Crippen molar-refractivity contribution in [2.75, 3.05) is 0 Å². The Labute approximate surface area is 200 Å². The maximum absolute atomic E-state index is 13.8. The number of rotatable bonds is 6. The van der Waals surface area contributed by atoms with Crippen LogP contribution in [-0.4, -0.2) is 21.3 Å². The Morgan fingerprint density at radius 2 is 1.82 bits per heavy atom. The van der Waals surface area contributed by atoms with Crippen LogP contribution in [0.25, 0.3) is 28.1 Å². The number of benzene rings is 3. The Hall–Kier alpha value is -3.41. The Balaban J connectivity index is 1.98. The molecule has 0 aliphatic heterocycles. The molecule has 33 heavy (non-hydrogen) atoms. The highest BCUT2D eigenvalue weighted by Crippen LogP contribution is 2.41. The molecule has 0 aliphatic carbocycles. The van der Waals surface area contributed by atoms with E-state index < -0.39 is 11.8 Å². The van der Waals surface area contributed by atoms with Crippen molar-refractivity contribution in [2.45, 2.75) is 13.3 Å². The van der Waals surface area contributed by atoms with Gasteiger partial charge in [0.2, 0.25) is 0 Å². The molecule has 4 rings (SSSR count). The van der Waals surface area contributed by atoms with Crippen molar-refractivity contribution in [1.82, 2.24) is 10.2 Å². The minimum Gasteiger partial charge on any atom is -0.478 e. The zero-order valence-electron chi connectivity index (χ0n) is 17.6. The molecule has 0 aliphatic rings. The highest BCUT2D eigenvalue weighted by Gasteiger charge is 2.19. The number of fused-ring (bicyclic) bond motifs is 1. The van der Waals surface area contributed by atoms with Gasteiger partial charge in [-0.15, -0.1) is 0 Å². The summed E-state index contributed by atoms with van der Waals surface area (Å²) in [5.74, 6) is -1.42. The molecule has 2 N–H and O–H groups in total. The van der Waals surface area contributed by atoms with Gasteiger partial charge in [0, 0.05) is 17.0 Å². The zero-order chi connectivity index (χ0) is 23.5. The molecule has 0 spiro atoms. The molecule has 0 radical (unpaired) electrons. The largest absolute Gasteiger partial charge is 0.478 e. The van der Waals surface area contributed by atoms with Gasteiger partial charge < -0.3 is 5.11 Å². The summed E-state index contributed by atoms with van der Waals surface area (Å²) in [7, 11) is 0. The summed E-state index contributed by atoms with van der Waals surface area (Å²) in [4.78, 5) is 10.8. The number of aromatic nitrogens is 2. The van der Waals surface area contributed by atoms with E-state index in [4.69, 9.17) is 28.3 Å². The van der Waals surface area contributed by atoms with Crippen molar-refractivity contribution in [1.29, 1.82) is 0 Å². The second kappa shape index (κ2) is 9.61. The maximum Gasteiger partial charge on any atom is 0.328 e. The average molecular weight is 481 g/mol. The van der Waals surface area contributed by atoms with E-state index in [1.165, 1.54) is 18.2 Å². The number of nitrogens with one attached hydrogen (secondary N) is 1. The number of halogens is 3. The van der Waals surface area contributed by atoms with Crippen molar-refractivity contribution in [3.63, 3.8) is 0 Å². The number of allylic oxidation sites excluding steroid dienone is 1. The molecule has 0 saturated carbocycles. The number of hydrogen-bond donors (Lipinski definition) is 2. The van der Waals surface area contributed by atoms with E-state index in [2.05, 4.69) is 10.2 Å². The summed E-state index contributed by atoms with van der Waals surface area (Å²) < 4.78 is 13.8. The number of aromatic amines is 1. The van der Waals surface area contributed by atoms with Gasteiger partial charge in [-0.05, 0) is 58.5 Å². The predicted octanol–water partition coefficient (Wildman–Crippen LogP) is 7.48. The zero-order valence-corrected chi connectivity index (χ0v) is 19.1. The first kappa shape index (κ1) is 22.8. The number of H-pyrrole nitrogens is 1. The monoisotopic (exact) mass is 480 g/mol. The number of carbonyl (C=O) groups is 1. The van der Waals surface area contributed by atoms with Crippen LogP contribution in [0.5, 0.6) is 0 Å². The number of hydrogen-bond acceptors (Lipinski definition) is 2. The lowest BCUT2D eigenvalue weighted by Gasteiger charge is -2.19. The molecule has 3 aromatic carbocycles. The Bertz CT molecular complexity index is 1410. The van der Waals surface area contributed by atoms with Gasteiger partial charge in [0.25, 0.3) is 0 Å². The van der Waals surface area contributed by atoms with Gasteiger partial charge in [-0.3, -0.25) is 5.10 Å². The highest BCUT2D eigenvalue weighted by atomic mass is 35.5. The Morgan fingerprint density at radius 1 is 1.09 bits per heavy atom. The van der Waals surface area contributed by atoms with E-state index in [-0.39, 0.29) is 0 Å². The Kier molecular flexibility index (Phi) is 6.63. The maximum atomic E-state index is 13.8. The van der Waals surface area contributed by atoms with Gasteiger partial charge in [0.1, 0.15) is 5.82 Å². The molecule has 0 saturated heterocycles. The van der Waals surface area contributed by atoms with Crippen LogP contribution in [0.2, 0.25) is 10.0 Å². The molecule has 1 heterocycles. The van der Waals surface area contributed by atoms with Crippen molar-refractivity contribution in [2.24, 2.45) is 0 Å². The van der Waals surface area contributed by atoms with Gasteiger partial charge in [-0.25, -0.2) is 9.18 Å². The molecule has 0 amide bonds. The van der Waals surface area contributed by atoms with Gasteiger partial charge in [0.05, 0.1) is 21.8 Å². The second-order valence-corrected chi connectivity index (χ2v) is 8.17. The molecular formula is C26H19Cl2FN2O2. The Morgan fingerprint density at radius 3 is 2.48 bits per heavy atom. The predicted molar refractivity (Wildman–Crippen MR) is 132 cm³/mol. The molecule has 0 atom stereocenters. The number of aliphatic carboxylic acids is 1. The van der Waals surface area contributed by atoms with Crippen LogP contribution in [0.4, 0.5) is 4.39 Å². The molecule has 1 aromatic heterocycles. The number of carboxylic acids is 1. The fourth-order valence-electron chi connectivity index (χ4n) is 3.83. The lowest BCUT2D eigenvalue weighted by molar-refractivity contribution is -0.131. The van der Waals surface area contributed by atoms with Crippen LogP contribution in [-0.2, 0) is 4.79 Å². The van der Waals surface area contributed by atoms with Crippen LogP contribution in [0.3, 0.4) is 0 Å². The normalized spacial score (nSPS) is 12.4. The molecular weight excluding hydrogens is 462 g/mol. The fourth-order valence-corrected chi connectivity index (χ4v) is 4.42. The van der Waals surface area contributed by atoms with E-state index >= 15 is 0 Å². The third-order valence-corrected chi connectivity index (χ3v) is 6.08. The fraction of sp³-hybridized carbons (Fsp3) is 0.0769. The standard InChI is InChI=1S/C26H19Cl2FN2O2/c1-2-18(19-9-8-17(29)13-22(19)27)25(16-6-3-15(4-7-16)5-12-24(32)33)20-10-11-23-21(26(20)28)14-30-31-23/h3-14H,2H2,1H3,(H,30,31)(H,32,33). The molecule has 0 unspecified atom stereocenters.